The largest absolute Gasteiger partial charge is 0.312 e. The van der Waals surface area contributed by atoms with E-state index in [1.165, 1.54) is 0 Å². The lowest BCUT2D eigenvalue weighted by Gasteiger charge is -2.07. The third kappa shape index (κ3) is 1.42. The Morgan fingerprint density at radius 3 is 2.18 bits per heavy atom. The lowest BCUT2D eigenvalue weighted by Crippen LogP contribution is -2.35. The Bertz CT molecular complexity index is 216. The van der Waals surface area contributed by atoms with Gasteiger partial charge in [0.1, 0.15) is 11.4 Å². The van der Waals surface area contributed by atoms with Crippen LogP contribution in [0.25, 0.3) is 0 Å². The van der Waals surface area contributed by atoms with Crippen LogP contribution >= 0.6 is 0 Å². The van der Waals surface area contributed by atoms with E-state index in [1.807, 2.05) is 27.7 Å². The fraction of sp³-hybridized carbons (Fsp3) is 0.750. The van der Waals surface area contributed by atoms with Gasteiger partial charge in [-0.2, -0.15) is 0 Å². The van der Waals surface area contributed by atoms with Crippen LogP contribution in [0, 0.1) is 5.92 Å². The number of amidine groups is 1. The minimum absolute atomic E-state index is 0.00111. The second-order valence-electron chi connectivity index (χ2n) is 3.66. The molecule has 1 amide bonds. The van der Waals surface area contributed by atoms with Gasteiger partial charge in [0.25, 0.3) is 5.91 Å². The highest BCUT2D eigenvalue weighted by molar-refractivity contribution is 6.08. The van der Waals surface area contributed by atoms with Gasteiger partial charge in [0.05, 0.1) is 0 Å². The molecule has 1 heterocycles. The summed E-state index contributed by atoms with van der Waals surface area (Å²) in [6.07, 6.45) is 0. The summed E-state index contributed by atoms with van der Waals surface area (Å²) in [5, 5.41) is 2.75. The van der Waals surface area contributed by atoms with Gasteiger partial charge in [-0.15, -0.1) is 0 Å². The van der Waals surface area contributed by atoms with Crippen molar-refractivity contribution >= 4 is 11.7 Å². The first-order valence-electron chi connectivity index (χ1n) is 3.84. The first-order valence-corrected chi connectivity index (χ1v) is 3.84. The molecule has 0 unspecified atom stereocenters. The van der Waals surface area contributed by atoms with Gasteiger partial charge < -0.3 is 5.32 Å². The Kier molecular flexibility index (Phi) is 1.74. The van der Waals surface area contributed by atoms with E-state index in [9.17, 15) is 4.79 Å². The molecule has 0 saturated carbocycles. The molecule has 3 heteroatoms. The van der Waals surface area contributed by atoms with Gasteiger partial charge in [0, 0.05) is 5.92 Å². The summed E-state index contributed by atoms with van der Waals surface area (Å²) in [4.78, 5) is 15.4. The van der Waals surface area contributed by atoms with Crippen LogP contribution in [0.3, 0.4) is 0 Å². The van der Waals surface area contributed by atoms with Crippen LogP contribution in [0.4, 0.5) is 0 Å². The second kappa shape index (κ2) is 2.32. The summed E-state index contributed by atoms with van der Waals surface area (Å²) in [5.41, 5.74) is -0.556. The maximum Gasteiger partial charge on any atom is 0.252 e. The molecule has 1 aliphatic heterocycles. The van der Waals surface area contributed by atoms with Crippen molar-refractivity contribution < 1.29 is 4.79 Å². The molecule has 3 nitrogen and oxygen atoms in total. The van der Waals surface area contributed by atoms with Crippen LogP contribution in [0.2, 0.25) is 0 Å². The average molecular weight is 154 g/mol. The van der Waals surface area contributed by atoms with Crippen molar-refractivity contribution in [2.45, 2.75) is 33.2 Å². The van der Waals surface area contributed by atoms with E-state index in [0.717, 1.165) is 5.84 Å². The van der Waals surface area contributed by atoms with E-state index in [1.54, 1.807) is 0 Å². The summed E-state index contributed by atoms with van der Waals surface area (Å²) >= 11 is 0. The van der Waals surface area contributed by atoms with Crippen molar-refractivity contribution in [3.63, 3.8) is 0 Å². The molecular formula is C8H14N2O. The molecule has 0 aromatic rings. The zero-order valence-corrected chi connectivity index (χ0v) is 7.43. The molecule has 62 valence electrons. The van der Waals surface area contributed by atoms with E-state index in [-0.39, 0.29) is 5.91 Å². The predicted molar refractivity (Wildman–Crippen MR) is 44.5 cm³/mol. The summed E-state index contributed by atoms with van der Waals surface area (Å²) < 4.78 is 0. The van der Waals surface area contributed by atoms with Crippen LogP contribution in [-0.2, 0) is 4.79 Å². The number of aliphatic imine (C=N–C) groups is 1. The van der Waals surface area contributed by atoms with Crippen molar-refractivity contribution in [2.24, 2.45) is 10.9 Å². The number of nitrogens with one attached hydrogen (secondary N) is 1. The highest BCUT2D eigenvalue weighted by atomic mass is 16.2. The molecule has 0 atom stereocenters. The lowest BCUT2D eigenvalue weighted by molar-refractivity contribution is -0.122. The predicted octanol–water partition coefficient (Wildman–Crippen LogP) is 0.949. The minimum atomic E-state index is -0.556. The van der Waals surface area contributed by atoms with E-state index < -0.39 is 5.54 Å². The molecular weight excluding hydrogens is 140 g/mol. The van der Waals surface area contributed by atoms with Crippen molar-refractivity contribution in [3.8, 4) is 0 Å². The molecule has 0 aliphatic carbocycles. The number of rotatable bonds is 1. The third-order valence-corrected chi connectivity index (χ3v) is 1.74. The Balaban J connectivity index is 2.84. The van der Waals surface area contributed by atoms with Crippen LogP contribution in [0.15, 0.2) is 4.99 Å². The number of carbonyl (C=O) groups excluding carboxylic acids is 1. The van der Waals surface area contributed by atoms with Crippen LogP contribution < -0.4 is 5.32 Å². The molecule has 0 bridgehead atoms. The number of carbonyl (C=O) groups is 1. The monoisotopic (exact) mass is 154 g/mol. The zero-order chi connectivity index (χ0) is 8.65. The van der Waals surface area contributed by atoms with Gasteiger partial charge in [-0.3, -0.25) is 9.79 Å². The maximum atomic E-state index is 11.2. The SMILES string of the molecule is CC(C)C1=NC(C)(C)C(=O)N1. The van der Waals surface area contributed by atoms with Crippen molar-refractivity contribution in [1.29, 1.82) is 0 Å². The summed E-state index contributed by atoms with van der Waals surface area (Å²) in [6.45, 7) is 7.66. The molecule has 11 heavy (non-hydrogen) atoms. The average Bonchev–Trinajstić information content (AvgIpc) is 2.08. The molecule has 1 N–H and O–H groups in total. The first-order chi connectivity index (χ1) is 4.93. The summed E-state index contributed by atoms with van der Waals surface area (Å²) in [6, 6.07) is 0. The van der Waals surface area contributed by atoms with Crippen LogP contribution in [-0.4, -0.2) is 17.3 Å². The maximum absolute atomic E-state index is 11.2. The summed E-state index contributed by atoms with van der Waals surface area (Å²) in [5.74, 6) is 1.11. The van der Waals surface area contributed by atoms with Crippen LogP contribution in [0.1, 0.15) is 27.7 Å². The topological polar surface area (TPSA) is 41.5 Å². The van der Waals surface area contributed by atoms with Gasteiger partial charge in [-0.25, -0.2) is 0 Å². The summed E-state index contributed by atoms with van der Waals surface area (Å²) in [7, 11) is 0. The number of nitrogens with zero attached hydrogens (tertiary/aromatic N) is 1. The van der Waals surface area contributed by atoms with Crippen LogP contribution in [0.5, 0.6) is 0 Å². The molecule has 0 aromatic heterocycles. The van der Waals surface area contributed by atoms with E-state index >= 15 is 0 Å². The Hall–Kier alpha value is -0.860. The first kappa shape index (κ1) is 8.24. The molecule has 0 spiro atoms. The van der Waals surface area contributed by atoms with Crippen molar-refractivity contribution in [1.82, 2.24) is 5.32 Å². The fourth-order valence-electron chi connectivity index (χ4n) is 0.923. The Morgan fingerprint density at radius 2 is 2.00 bits per heavy atom. The van der Waals surface area contributed by atoms with E-state index in [2.05, 4.69) is 10.3 Å². The van der Waals surface area contributed by atoms with Gasteiger partial charge in [-0.1, -0.05) is 13.8 Å². The third-order valence-electron chi connectivity index (χ3n) is 1.74. The quantitative estimate of drug-likeness (QED) is 0.600. The molecule has 0 radical (unpaired) electrons. The van der Waals surface area contributed by atoms with Gasteiger partial charge in [0.15, 0.2) is 0 Å². The molecule has 1 aliphatic rings. The molecule has 0 aromatic carbocycles. The van der Waals surface area contributed by atoms with Crippen molar-refractivity contribution in [2.75, 3.05) is 0 Å². The zero-order valence-electron chi connectivity index (χ0n) is 7.43. The number of amides is 1. The minimum Gasteiger partial charge on any atom is -0.312 e. The standard InChI is InChI=1S/C8H14N2O/c1-5(2)6-9-7(11)8(3,4)10-6/h5H,1-4H3,(H,9,10,11). The molecule has 0 fully saturated rings. The van der Waals surface area contributed by atoms with E-state index in [4.69, 9.17) is 0 Å². The van der Waals surface area contributed by atoms with Gasteiger partial charge in [0.2, 0.25) is 0 Å². The lowest BCUT2D eigenvalue weighted by atomic mass is 10.1. The fourth-order valence-corrected chi connectivity index (χ4v) is 0.923. The van der Waals surface area contributed by atoms with Gasteiger partial charge in [-0.05, 0) is 13.8 Å². The normalized spacial score (nSPS) is 21.9. The number of hydrogen-bond acceptors (Lipinski definition) is 2. The smallest absolute Gasteiger partial charge is 0.252 e. The molecule has 0 saturated heterocycles. The Labute approximate surface area is 66.9 Å². The highest BCUT2D eigenvalue weighted by Crippen LogP contribution is 2.16. The number of hydrogen-bond donors (Lipinski definition) is 1. The highest BCUT2D eigenvalue weighted by Gasteiger charge is 2.34. The van der Waals surface area contributed by atoms with Crippen molar-refractivity contribution in [3.05, 3.63) is 0 Å². The second-order valence-corrected chi connectivity index (χ2v) is 3.66. The molecule has 1 rings (SSSR count). The van der Waals surface area contributed by atoms with E-state index in [0.29, 0.717) is 5.92 Å². The Morgan fingerprint density at radius 1 is 1.45 bits per heavy atom. The van der Waals surface area contributed by atoms with Gasteiger partial charge >= 0.3 is 0 Å².